The summed E-state index contributed by atoms with van der Waals surface area (Å²) in [5, 5.41) is 5.94. The zero-order chi connectivity index (χ0) is 13.4. The maximum absolute atomic E-state index is 11.3. The molecule has 0 heterocycles. The number of likely N-dealkylation sites (N-methyl/N-ethyl adjacent to an activating group) is 1. The average Bonchev–Trinajstić information content (AvgIpc) is 2.36. The first-order chi connectivity index (χ1) is 8.67. The van der Waals surface area contributed by atoms with Crippen LogP contribution in [0.2, 0.25) is 0 Å². The number of ether oxygens (including phenoxy) is 1. The Morgan fingerprint density at radius 3 is 2.78 bits per heavy atom. The molecule has 0 atom stereocenters. The second-order valence-corrected chi connectivity index (χ2v) is 4.63. The van der Waals surface area contributed by atoms with Gasteiger partial charge in [-0.3, -0.25) is 4.79 Å². The van der Waals surface area contributed by atoms with Crippen molar-refractivity contribution in [2.45, 2.75) is 20.4 Å². The fraction of sp³-hybridized carbons (Fsp3) is 0.462. The van der Waals surface area contributed by atoms with Crippen molar-refractivity contribution in [3.63, 3.8) is 0 Å². The normalized spacial score (nSPS) is 10.2. The molecular formula is C13H19BrN2O2. The van der Waals surface area contributed by atoms with E-state index in [1.165, 1.54) is 0 Å². The highest BCUT2D eigenvalue weighted by Gasteiger charge is 2.04. The Morgan fingerprint density at radius 2 is 2.11 bits per heavy atom. The molecule has 0 aliphatic rings. The Bertz CT molecular complexity index is 397. The van der Waals surface area contributed by atoms with Crippen LogP contribution >= 0.6 is 15.9 Å². The van der Waals surface area contributed by atoms with Crippen molar-refractivity contribution in [1.82, 2.24) is 10.6 Å². The van der Waals surface area contributed by atoms with E-state index in [9.17, 15) is 4.79 Å². The molecule has 1 amide bonds. The summed E-state index contributed by atoms with van der Waals surface area (Å²) in [5.74, 6) is 0.603. The molecule has 0 aliphatic carbocycles. The summed E-state index contributed by atoms with van der Waals surface area (Å²) in [7, 11) is 0. The van der Waals surface area contributed by atoms with Gasteiger partial charge in [0.2, 0.25) is 0 Å². The van der Waals surface area contributed by atoms with E-state index in [-0.39, 0.29) is 12.5 Å². The van der Waals surface area contributed by atoms with Gasteiger partial charge in [-0.05, 0) is 37.2 Å². The zero-order valence-corrected chi connectivity index (χ0v) is 12.3. The standard InChI is InChI=1S/C13H19BrN2O2/c1-3-15-8-10-7-11(5-6-12(10)14)18-9-13(17)16-4-2/h5-7,15H,3-4,8-9H2,1-2H3,(H,16,17). The Labute approximate surface area is 116 Å². The number of nitrogens with one attached hydrogen (secondary N) is 2. The fourth-order valence-corrected chi connectivity index (χ4v) is 1.82. The third-order valence-electron chi connectivity index (χ3n) is 2.33. The summed E-state index contributed by atoms with van der Waals surface area (Å²) in [6.45, 7) is 6.30. The number of carbonyl (C=O) groups excluding carboxylic acids is 1. The maximum Gasteiger partial charge on any atom is 0.257 e. The molecule has 1 rings (SSSR count). The summed E-state index contributed by atoms with van der Waals surface area (Å²) < 4.78 is 6.47. The van der Waals surface area contributed by atoms with Gasteiger partial charge in [-0.25, -0.2) is 0 Å². The van der Waals surface area contributed by atoms with E-state index in [4.69, 9.17) is 4.74 Å². The minimum absolute atomic E-state index is 0.0517. The van der Waals surface area contributed by atoms with Gasteiger partial charge in [-0.1, -0.05) is 22.9 Å². The van der Waals surface area contributed by atoms with Gasteiger partial charge in [-0.15, -0.1) is 0 Å². The molecule has 0 radical (unpaired) electrons. The number of benzene rings is 1. The van der Waals surface area contributed by atoms with Crippen molar-refractivity contribution in [2.24, 2.45) is 0 Å². The van der Waals surface area contributed by atoms with E-state index in [2.05, 4.69) is 33.5 Å². The minimum atomic E-state index is -0.103. The molecule has 0 spiro atoms. The number of amides is 1. The van der Waals surface area contributed by atoms with Crippen LogP contribution in [0.3, 0.4) is 0 Å². The number of hydrogen-bond acceptors (Lipinski definition) is 3. The minimum Gasteiger partial charge on any atom is -0.484 e. The highest BCUT2D eigenvalue weighted by atomic mass is 79.9. The van der Waals surface area contributed by atoms with Gasteiger partial charge >= 0.3 is 0 Å². The average molecular weight is 315 g/mol. The highest BCUT2D eigenvalue weighted by Crippen LogP contribution is 2.22. The lowest BCUT2D eigenvalue weighted by molar-refractivity contribution is -0.122. The van der Waals surface area contributed by atoms with E-state index in [0.29, 0.717) is 12.3 Å². The summed E-state index contributed by atoms with van der Waals surface area (Å²) in [6, 6.07) is 5.71. The lowest BCUT2D eigenvalue weighted by Crippen LogP contribution is -2.28. The van der Waals surface area contributed by atoms with E-state index in [1.54, 1.807) is 0 Å². The van der Waals surface area contributed by atoms with Crippen LogP contribution in [0.4, 0.5) is 0 Å². The molecule has 0 aromatic heterocycles. The van der Waals surface area contributed by atoms with Crippen LogP contribution in [-0.4, -0.2) is 25.6 Å². The maximum atomic E-state index is 11.3. The quantitative estimate of drug-likeness (QED) is 0.810. The van der Waals surface area contributed by atoms with Crippen LogP contribution in [0, 0.1) is 0 Å². The van der Waals surface area contributed by atoms with Gasteiger partial charge in [0.25, 0.3) is 5.91 Å². The Morgan fingerprint density at radius 1 is 1.33 bits per heavy atom. The molecule has 0 fully saturated rings. The van der Waals surface area contributed by atoms with Gasteiger partial charge in [-0.2, -0.15) is 0 Å². The van der Waals surface area contributed by atoms with Crippen molar-refractivity contribution in [3.8, 4) is 5.75 Å². The second-order valence-electron chi connectivity index (χ2n) is 3.78. The van der Waals surface area contributed by atoms with Crippen molar-refractivity contribution in [2.75, 3.05) is 19.7 Å². The first kappa shape index (κ1) is 15.0. The molecule has 18 heavy (non-hydrogen) atoms. The lowest BCUT2D eigenvalue weighted by Gasteiger charge is -2.10. The van der Waals surface area contributed by atoms with Gasteiger partial charge in [0, 0.05) is 17.6 Å². The largest absolute Gasteiger partial charge is 0.484 e. The van der Waals surface area contributed by atoms with Crippen LogP contribution in [0.5, 0.6) is 5.75 Å². The van der Waals surface area contributed by atoms with Crippen LogP contribution in [0.25, 0.3) is 0 Å². The number of rotatable bonds is 7. The number of carbonyl (C=O) groups is 1. The first-order valence-corrected chi connectivity index (χ1v) is 6.85. The summed E-state index contributed by atoms with van der Waals surface area (Å²) >= 11 is 3.49. The molecule has 1 aromatic rings. The van der Waals surface area contributed by atoms with Crippen LogP contribution < -0.4 is 15.4 Å². The second kappa shape index (κ2) is 8.11. The predicted octanol–water partition coefficient (Wildman–Crippen LogP) is 2.07. The Balaban J connectivity index is 2.58. The molecular weight excluding hydrogens is 296 g/mol. The van der Waals surface area contributed by atoms with Crippen molar-refractivity contribution >= 4 is 21.8 Å². The van der Waals surface area contributed by atoms with Crippen molar-refractivity contribution < 1.29 is 9.53 Å². The molecule has 0 bridgehead atoms. The summed E-state index contributed by atoms with van der Waals surface area (Å²) in [6.07, 6.45) is 0. The zero-order valence-electron chi connectivity index (χ0n) is 10.8. The molecule has 2 N–H and O–H groups in total. The Hall–Kier alpha value is -1.07. The predicted molar refractivity (Wildman–Crippen MR) is 75.7 cm³/mol. The number of hydrogen-bond donors (Lipinski definition) is 2. The topological polar surface area (TPSA) is 50.4 Å². The molecule has 5 heteroatoms. The fourth-order valence-electron chi connectivity index (χ4n) is 1.43. The van der Waals surface area contributed by atoms with Crippen LogP contribution in [0.15, 0.2) is 22.7 Å². The van der Waals surface area contributed by atoms with Crippen LogP contribution in [0.1, 0.15) is 19.4 Å². The Kier molecular flexibility index (Phi) is 6.75. The van der Waals surface area contributed by atoms with Gasteiger partial charge in [0.05, 0.1) is 0 Å². The molecule has 100 valence electrons. The smallest absolute Gasteiger partial charge is 0.257 e. The first-order valence-electron chi connectivity index (χ1n) is 6.06. The molecule has 0 aliphatic heterocycles. The summed E-state index contributed by atoms with van der Waals surface area (Å²) in [4.78, 5) is 11.3. The van der Waals surface area contributed by atoms with Gasteiger partial charge in [0.15, 0.2) is 6.61 Å². The molecule has 1 aromatic carbocycles. The monoisotopic (exact) mass is 314 g/mol. The molecule has 0 saturated heterocycles. The third-order valence-corrected chi connectivity index (χ3v) is 3.10. The van der Waals surface area contributed by atoms with Crippen molar-refractivity contribution in [1.29, 1.82) is 0 Å². The van der Waals surface area contributed by atoms with Gasteiger partial charge < -0.3 is 15.4 Å². The molecule has 0 unspecified atom stereocenters. The van der Waals surface area contributed by atoms with E-state index >= 15 is 0 Å². The molecule has 0 saturated carbocycles. The van der Waals surface area contributed by atoms with Crippen LogP contribution in [-0.2, 0) is 11.3 Å². The van der Waals surface area contributed by atoms with E-state index < -0.39 is 0 Å². The van der Waals surface area contributed by atoms with E-state index in [0.717, 1.165) is 23.1 Å². The SMILES string of the molecule is CCNCc1cc(OCC(=O)NCC)ccc1Br. The number of halogens is 1. The summed E-state index contributed by atoms with van der Waals surface area (Å²) in [5.41, 5.74) is 1.12. The third kappa shape index (κ3) is 5.06. The lowest BCUT2D eigenvalue weighted by atomic mass is 10.2. The van der Waals surface area contributed by atoms with E-state index in [1.807, 2.05) is 25.1 Å². The van der Waals surface area contributed by atoms with Crippen molar-refractivity contribution in [3.05, 3.63) is 28.2 Å². The van der Waals surface area contributed by atoms with Gasteiger partial charge in [0.1, 0.15) is 5.75 Å². The highest BCUT2D eigenvalue weighted by molar-refractivity contribution is 9.10. The molecule has 4 nitrogen and oxygen atoms in total.